The molecule has 0 unspecified atom stereocenters. The number of para-hydroxylation sites is 2. The zero-order valence-electron chi connectivity index (χ0n) is 14.5. The van der Waals surface area contributed by atoms with Crippen LogP contribution in [0.4, 0.5) is 17.1 Å². The zero-order valence-corrected chi connectivity index (χ0v) is 15.4. The molecule has 28 heavy (non-hydrogen) atoms. The smallest absolute Gasteiger partial charge is 0.269 e. The number of anilines is 2. The highest BCUT2D eigenvalue weighted by Gasteiger charge is 2.07. The Balaban J connectivity index is 1.42. The Labute approximate surface area is 165 Å². The van der Waals surface area contributed by atoms with E-state index in [4.69, 9.17) is 12.2 Å². The number of nitrogens with one attached hydrogen (secondary N) is 3. The van der Waals surface area contributed by atoms with E-state index in [2.05, 4.69) is 20.6 Å². The molecule has 0 saturated carbocycles. The highest BCUT2D eigenvalue weighted by molar-refractivity contribution is 7.80. The van der Waals surface area contributed by atoms with Gasteiger partial charge in [-0.25, -0.2) is 4.98 Å². The third kappa shape index (κ3) is 3.81. The molecular formula is C20H15N5O2S. The lowest BCUT2D eigenvalue weighted by Crippen LogP contribution is -2.18. The minimum absolute atomic E-state index is 0.0330. The molecule has 1 heterocycles. The molecule has 0 spiro atoms. The number of nitro groups is 1. The first-order valence-electron chi connectivity index (χ1n) is 8.46. The molecule has 0 saturated heterocycles. The van der Waals surface area contributed by atoms with Crippen LogP contribution in [0.25, 0.3) is 22.4 Å². The van der Waals surface area contributed by atoms with Gasteiger partial charge >= 0.3 is 0 Å². The van der Waals surface area contributed by atoms with Gasteiger partial charge in [-0.2, -0.15) is 0 Å². The summed E-state index contributed by atoms with van der Waals surface area (Å²) in [6.45, 7) is 0. The summed E-state index contributed by atoms with van der Waals surface area (Å²) in [5.41, 5.74) is 4.41. The Morgan fingerprint density at radius 1 is 0.929 bits per heavy atom. The first kappa shape index (κ1) is 17.6. The van der Waals surface area contributed by atoms with Crippen molar-refractivity contribution in [2.45, 2.75) is 0 Å². The van der Waals surface area contributed by atoms with E-state index in [0.717, 1.165) is 28.1 Å². The van der Waals surface area contributed by atoms with E-state index in [1.165, 1.54) is 12.1 Å². The van der Waals surface area contributed by atoms with Crippen LogP contribution in [0, 0.1) is 10.1 Å². The number of non-ortho nitro benzene ring substituents is 1. The van der Waals surface area contributed by atoms with Crippen molar-refractivity contribution in [3.63, 3.8) is 0 Å². The molecule has 0 aliphatic rings. The highest BCUT2D eigenvalue weighted by atomic mass is 32.1. The average Bonchev–Trinajstić information content (AvgIpc) is 3.13. The van der Waals surface area contributed by atoms with Crippen LogP contribution in [0.3, 0.4) is 0 Å². The standard InChI is InChI=1S/C20H15N5O2S/c26-25(27)16-11-9-15(10-12-16)22-20(28)21-14-7-5-13(6-8-14)19-23-17-3-1-2-4-18(17)24-19/h1-12H,(H,23,24)(H2,21,22,28). The van der Waals surface area contributed by atoms with Gasteiger partial charge in [0.1, 0.15) is 5.82 Å². The van der Waals surface area contributed by atoms with Gasteiger partial charge in [-0.05, 0) is 60.7 Å². The van der Waals surface area contributed by atoms with E-state index in [0.29, 0.717) is 10.8 Å². The highest BCUT2D eigenvalue weighted by Crippen LogP contribution is 2.22. The van der Waals surface area contributed by atoms with Gasteiger partial charge in [0.2, 0.25) is 0 Å². The summed E-state index contributed by atoms with van der Waals surface area (Å²) < 4.78 is 0. The molecule has 0 aliphatic heterocycles. The van der Waals surface area contributed by atoms with Crippen molar-refractivity contribution in [1.82, 2.24) is 9.97 Å². The second kappa shape index (κ2) is 7.45. The lowest BCUT2D eigenvalue weighted by atomic mass is 10.2. The fourth-order valence-corrected chi connectivity index (χ4v) is 3.00. The van der Waals surface area contributed by atoms with Crippen LogP contribution in [0.15, 0.2) is 72.8 Å². The maximum Gasteiger partial charge on any atom is 0.269 e. The van der Waals surface area contributed by atoms with E-state index in [9.17, 15) is 10.1 Å². The number of H-pyrrole nitrogens is 1. The summed E-state index contributed by atoms with van der Waals surface area (Å²) in [5, 5.41) is 17.2. The Kier molecular flexibility index (Phi) is 4.69. The van der Waals surface area contributed by atoms with Crippen LogP contribution in [0.1, 0.15) is 0 Å². The van der Waals surface area contributed by atoms with E-state index in [1.807, 2.05) is 48.5 Å². The van der Waals surface area contributed by atoms with Crippen molar-refractivity contribution in [1.29, 1.82) is 0 Å². The first-order valence-corrected chi connectivity index (χ1v) is 8.87. The Morgan fingerprint density at radius 2 is 1.54 bits per heavy atom. The Bertz CT molecular complexity index is 1120. The molecule has 1 aromatic heterocycles. The number of nitrogens with zero attached hydrogens (tertiary/aromatic N) is 2. The van der Waals surface area contributed by atoms with E-state index < -0.39 is 4.92 Å². The number of fused-ring (bicyclic) bond motifs is 1. The number of hydrogen-bond donors (Lipinski definition) is 3. The number of benzene rings is 3. The Morgan fingerprint density at radius 3 is 2.14 bits per heavy atom. The number of aromatic amines is 1. The second-order valence-electron chi connectivity index (χ2n) is 6.06. The van der Waals surface area contributed by atoms with Gasteiger partial charge in [-0.3, -0.25) is 10.1 Å². The zero-order chi connectivity index (χ0) is 19.5. The molecule has 0 amide bonds. The molecule has 4 aromatic rings. The molecule has 0 fully saturated rings. The predicted molar refractivity (Wildman–Crippen MR) is 114 cm³/mol. The number of thiocarbonyl (C=S) groups is 1. The SMILES string of the molecule is O=[N+]([O-])c1ccc(NC(=S)Nc2ccc(-c3nc4ccccc4[nH]3)cc2)cc1. The first-order chi connectivity index (χ1) is 13.6. The topological polar surface area (TPSA) is 95.9 Å². The summed E-state index contributed by atoms with van der Waals surface area (Å²) >= 11 is 5.30. The summed E-state index contributed by atoms with van der Waals surface area (Å²) in [4.78, 5) is 18.1. The van der Waals surface area contributed by atoms with Gasteiger partial charge in [0.25, 0.3) is 5.69 Å². The largest absolute Gasteiger partial charge is 0.338 e. The maximum atomic E-state index is 10.7. The molecule has 3 aromatic carbocycles. The van der Waals surface area contributed by atoms with Gasteiger partial charge in [0.05, 0.1) is 16.0 Å². The molecule has 8 heteroatoms. The van der Waals surface area contributed by atoms with Gasteiger partial charge in [-0.15, -0.1) is 0 Å². The molecule has 0 atom stereocenters. The van der Waals surface area contributed by atoms with Crippen LogP contribution < -0.4 is 10.6 Å². The lowest BCUT2D eigenvalue weighted by molar-refractivity contribution is -0.384. The fraction of sp³-hybridized carbons (Fsp3) is 0. The van der Waals surface area contributed by atoms with Crippen LogP contribution in [0.2, 0.25) is 0 Å². The van der Waals surface area contributed by atoms with Crippen molar-refractivity contribution in [2.24, 2.45) is 0 Å². The number of aromatic nitrogens is 2. The monoisotopic (exact) mass is 389 g/mol. The maximum absolute atomic E-state index is 10.7. The fourth-order valence-electron chi connectivity index (χ4n) is 2.76. The van der Waals surface area contributed by atoms with Crippen molar-refractivity contribution in [3.8, 4) is 11.4 Å². The summed E-state index contributed by atoms with van der Waals surface area (Å²) in [5.74, 6) is 0.805. The normalized spacial score (nSPS) is 10.6. The van der Waals surface area contributed by atoms with Crippen LogP contribution in [0.5, 0.6) is 0 Å². The summed E-state index contributed by atoms with van der Waals surface area (Å²) in [7, 11) is 0. The average molecular weight is 389 g/mol. The molecule has 3 N–H and O–H groups in total. The second-order valence-corrected chi connectivity index (χ2v) is 6.47. The van der Waals surface area contributed by atoms with Crippen molar-refractivity contribution in [3.05, 3.63) is 82.9 Å². The molecule has 138 valence electrons. The predicted octanol–water partition coefficient (Wildman–Crippen LogP) is 4.95. The van der Waals surface area contributed by atoms with E-state index >= 15 is 0 Å². The summed E-state index contributed by atoms with van der Waals surface area (Å²) in [6.07, 6.45) is 0. The summed E-state index contributed by atoms with van der Waals surface area (Å²) in [6, 6.07) is 21.7. The molecule has 0 radical (unpaired) electrons. The third-order valence-electron chi connectivity index (χ3n) is 4.14. The van der Waals surface area contributed by atoms with Crippen LogP contribution in [-0.4, -0.2) is 20.0 Å². The molecule has 0 aliphatic carbocycles. The third-order valence-corrected chi connectivity index (χ3v) is 4.35. The minimum atomic E-state index is -0.441. The quantitative estimate of drug-likeness (QED) is 0.260. The minimum Gasteiger partial charge on any atom is -0.338 e. The van der Waals surface area contributed by atoms with Gasteiger partial charge in [-0.1, -0.05) is 12.1 Å². The van der Waals surface area contributed by atoms with Crippen molar-refractivity contribution in [2.75, 3.05) is 10.6 Å². The van der Waals surface area contributed by atoms with Crippen LogP contribution >= 0.6 is 12.2 Å². The van der Waals surface area contributed by atoms with Gasteiger partial charge in [0.15, 0.2) is 5.11 Å². The van der Waals surface area contributed by atoms with Crippen LogP contribution in [-0.2, 0) is 0 Å². The van der Waals surface area contributed by atoms with Gasteiger partial charge in [0, 0.05) is 29.1 Å². The number of nitro benzene ring substituents is 1. The number of hydrogen-bond acceptors (Lipinski definition) is 4. The lowest BCUT2D eigenvalue weighted by Gasteiger charge is -2.10. The molecule has 0 bridgehead atoms. The molecule has 4 rings (SSSR count). The van der Waals surface area contributed by atoms with E-state index in [-0.39, 0.29) is 5.69 Å². The Hall–Kier alpha value is -3.78. The number of rotatable bonds is 4. The van der Waals surface area contributed by atoms with Crippen molar-refractivity contribution < 1.29 is 4.92 Å². The molecule has 7 nitrogen and oxygen atoms in total. The molecular weight excluding hydrogens is 374 g/mol. The number of imidazole rings is 1. The van der Waals surface area contributed by atoms with Crippen molar-refractivity contribution >= 4 is 45.4 Å². The van der Waals surface area contributed by atoms with E-state index in [1.54, 1.807) is 12.1 Å². The van der Waals surface area contributed by atoms with Gasteiger partial charge < -0.3 is 15.6 Å².